The highest BCUT2D eigenvalue weighted by molar-refractivity contribution is 7.91. The van der Waals surface area contributed by atoms with Gasteiger partial charge >= 0.3 is 5.97 Å². The van der Waals surface area contributed by atoms with Crippen LogP contribution in [-0.2, 0) is 21.4 Å². The first-order valence-corrected chi connectivity index (χ1v) is 8.31. The van der Waals surface area contributed by atoms with E-state index in [1.54, 1.807) is 18.2 Å². The monoisotopic (exact) mass is 337 g/mol. The Bertz CT molecular complexity index is 809. The quantitative estimate of drug-likeness (QED) is 0.850. The molecule has 0 atom stereocenters. The number of sulfonamides is 1. The van der Waals surface area contributed by atoms with Crippen LogP contribution < -0.4 is 0 Å². The standard InChI is InChI=1S/C13H11N3O4S2/c14-7-11-4-5-13(21-11)22(19,20)16(9-12(17)18)8-10-3-1-2-6-15-10/h1-6H,8-9H2,(H,17,18). The molecule has 0 saturated heterocycles. The molecule has 7 nitrogen and oxygen atoms in total. The van der Waals surface area contributed by atoms with Crippen molar-refractivity contribution in [2.24, 2.45) is 0 Å². The van der Waals surface area contributed by atoms with Gasteiger partial charge in [-0.1, -0.05) is 6.07 Å². The molecule has 1 N–H and O–H groups in total. The number of aromatic nitrogens is 1. The number of nitrogens with zero attached hydrogens (tertiary/aromatic N) is 3. The number of hydrogen-bond donors (Lipinski definition) is 1. The first kappa shape index (κ1) is 16.1. The first-order valence-electron chi connectivity index (χ1n) is 6.05. The lowest BCUT2D eigenvalue weighted by Crippen LogP contribution is -2.35. The Morgan fingerprint density at radius 3 is 2.68 bits per heavy atom. The van der Waals surface area contributed by atoms with E-state index in [4.69, 9.17) is 10.4 Å². The van der Waals surface area contributed by atoms with Crippen molar-refractivity contribution >= 4 is 27.3 Å². The number of nitriles is 1. The molecule has 0 aliphatic rings. The Kier molecular flexibility index (Phi) is 4.87. The van der Waals surface area contributed by atoms with Crippen LogP contribution in [0.2, 0.25) is 0 Å². The van der Waals surface area contributed by atoms with Crippen molar-refractivity contribution in [2.75, 3.05) is 6.54 Å². The normalized spacial score (nSPS) is 11.3. The van der Waals surface area contributed by atoms with Crippen LogP contribution in [0.5, 0.6) is 0 Å². The summed E-state index contributed by atoms with van der Waals surface area (Å²) in [5.41, 5.74) is 0.435. The van der Waals surface area contributed by atoms with E-state index in [-0.39, 0.29) is 15.6 Å². The van der Waals surface area contributed by atoms with Gasteiger partial charge in [0, 0.05) is 6.20 Å². The molecule has 2 heterocycles. The second kappa shape index (κ2) is 6.65. The number of aliphatic carboxylic acids is 1. The molecule has 0 aliphatic heterocycles. The third-order valence-corrected chi connectivity index (χ3v) is 5.91. The number of hydrogen-bond acceptors (Lipinski definition) is 6. The fraction of sp³-hybridized carbons (Fsp3) is 0.154. The van der Waals surface area contributed by atoms with Crippen LogP contribution in [0.3, 0.4) is 0 Å². The maximum absolute atomic E-state index is 12.5. The van der Waals surface area contributed by atoms with Gasteiger partial charge < -0.3 is 5.11 Å². The molecule has 0 aliphatic carbocycles. The van der Waals surface area contributed by atoms with E-state index in [1.807, 2.05) is 6.07 Å². The summed E-state index contributed by atoms with van der Waals surface area (Å²) in [5.74, 6) is -1.27. The lowest BCUT2D eigenvalue weighted by atomic mass is 10.3. The molecule has 2 rings (SSSR count). The van der Waals surface area contributed by atoms with Gasteiger partial charge in [0.25, 0.3) is 10.0 Å². The van der Waals surface area contributed by atoms with Gasteiger partial charge in [0.15, 0.2) is 0 Å². The molecule has 22 heavy (non-hydrogen) atoms. The minimum atomic E-state index is -4.00. The van der Waals surface area contributed by atoms with Gasteiger partial charge in [-0.15, -0.1) is 11.3 Å². The number of carboxylic acid groups (broad SMARTS) is 1. The Hall–Kier alpha value is -2.28. The Morgan fingerprint density at radius 1 is 1.36 bits per heavy atom. The van der Waals surface area contributed by atoms with E-state index in [0.29, 0.717) is 5.69 Å². The average Bonchev–Trinajstić information content (AvgIpc) is 2.97. The van der Waals surface area contributed by atoms with Crippen LogP contribution in [-0.4, -0.2) is 35.3 Å². The van der Waals surface area contributed by atoms with Crippen LogP contribution in [0.4, 0.5) is 0 Å². The molecule has 0 bridgehead atoms. The maximum Gasteiger partial charge on any atom is 0.318 e. The van der Waals surface area contributed by atoms with Gasteiger partial charge in [-0.25, -0.2) is 8.42 Å². The zero-order valence-electron chi connectivity index (χ0n) is 11.2. The summed E-state index contributed by atoms with van der Waals surface area (Å²) in [5, 5.41) is 17.7. The Morgan fingerprint density at radius 2 is 2.14 bits per heavy atom. The zero-order chi connectivity index (χ0) is 16.2. The summed E-state index contributed by atoms with van der Waals surface area (Å²) in [6.07, 6.45) is 1.50. The zero-order valence-corrected chi connectivity index (χ0v) is 12.8. The predicted molar refractivity (Wildman–Crippen MR) is 78.5 cm³/mol. The highest BCUT2D eigenvalue weighted by atomic mass is 32.2. The van der Waals surface area contributed by atoms with Crippen molar-refractivity contribution in [1.82, 2.24) is 9.29 Å². The van der Waals surface area contributed by atoms with E-state index in [9.17, 15) is 13.2 Å². The van der Waals surface area contributed by atoms with Gasteiger partial charge in [-0.05, 0) is 24.3 Å². The van der Waals surface area contributed by atoms with Crippen molar-refractivity contribution in [3.05, 3.63) is 47.1 Å². The van der Waals surface area contributed by atoms with Crippen molar-refractivity contribution in [3.8, 4) is 6.07 Å². The average molecular weight is 337 g/mol. The van der Waals surface area contributed by atoms with Crippen molar-refractivity contribution in [3.63, 3.8) is 0 Å². The highest BCUT2D eigenvalue weighted by Gasteiger charge is 2.28. The summed E-state index contributed by atoms with van der Waals surface area (Å²) in [4.78, 5) is 15.2. The number of pyridine rings is 1. The summed E-state index contributed by atoms with van der Waals surface area (Å²) in [7, 11) is -4.00. The van der Waals surface area contributed by atoms with E-state index in [2.05, 4.69) is 4.98 Å². The summed E-state index contributed by atoms with van der Waals surface area (Å²) < 4.78 is 25.8. The second-order valence-electron chi connectivity index (χ2n) is 4.22. The second-order valence-corrected chi connectivity index (χ2v) is 7.47. The third kappa shape index (κ3) is 3.67. The van der Waals surface area contributed by atoms with Crippen LogP contribution in [0.25, 0.3) is 0 Å². The topological polar surface area (TPSA) is 111 Å². The van der Waals surface area contributed by atoms with Crippen LogP contribution in [0.1, 0.15) is 10.6 Å². The van der Waals surface area contributed by atoms with Crippen molar-refractivity contribution in [1.29, 1.82) is 5.26 Å². The number of thiophene rings is 1. The molecule has 114 valence electrons. The molecule has 0 unspecified atom stereocenters. The van der Waals surface area contributed by atoms with E-state index in [0.717, 1.165) is 15.6 Å². The molecule has 2 aromatic rings. The number of carbonyl (C=O) groups is 1. The van der Waals surface area contributed by atoms with Gasteiger partial charge in [0.1, 0.15) is 21.7 Å². The van der Waals surface area contributed by atoms with Gasteiger partial charge in [0.05, 0.1) is 12.2 Å². The molecule has 0 amide bonds. The molecule has 2 aromatic heterocycles. The molecule has 0 fully saturated rings. The molecule has 0 saturated carbocycles. The van der Waals surface area contributed by atoms with E-state index >= 15 is 0 Å². The lowest BCUT2D eigenvalue weighted by molar-refractivity contribution is -0.137. The summed E-state index contributed by atoms with van der Waals surface area (Å²) in [6.45, 7) is -0.839. The van der Waals surface area contributed by atoms with Crippen molar-refractivity contribution < 1.29 is 18.3 Å². The summed E-state index contributed by atoms with van der Waals surface area (Å²) >= 11 is 0.802. The first-order chi connectivity index (χ1) is 10.4. The number of rotatable bonds is 6. The fourth-order valence-corrected chi connectivity index (χ4v) is 4.31. The molecular weight excluding hydrogens is 326 g/mol. The van der Waals surface area contributed by atoms with E-state index < -0.39 is 22.5 Å². The predicted octanol–water partition coefficient (Wildman–Crippen LogP) is 1.29. The third-order valence-electron chi connectivity index (χ3n) is 2.66. The molecule has 0 spiro atoms. The van der Waals surface area contributed by atoms with Crippen molar-refractivity contribution in [2.45, 2.75) is 10.8 Å². The highest BCUT2D eigenvalue weighted by Crippen LogP contribution is 2.25. The molecule has 9 heteroatoms. The Labute approximate surface area is 131 Å². The minimum Gasteiger partial charge on any atom is -0.480 e. The molecule has 0 radical (unpaired) electrons. The fourth-order valence-electron chi connectivity index (χ4n) is 1.70. The van der Waals surface area contributed by atoms with Gasteiger partial charge in [-0.3, -0.25) is 9.78 Å². The summed E-state index contributed by atoms with van der Waals surface area (Å²) in [6, 6.07) is 9.52. The lowest BCUT2D eigenvalue weighted by Gasteiger charge is -2.18. The van der Waals surface area contributed by atoms with E-state index in [1.165, 1.54) is 18.3 Å². The molecular formula is C13H11N3O4S2. The van der Waals surface area contributed by atoms with Crippen LogP contribution in [0.15, 0.2) is 40.7 Å². The van der Waals surface area contributed by atoms with Crippen LogP contribution in [0, 0.1) is 11.3 Å². The molecule has 0 aromatic carbocycles. The maximum atomic E-state index is 12.5. The smallest absolute Gasteiger partial charge is 0.318 e. The Balaban J connectivity index is 2.35. The number of carboxylic acids is 1. The van der Waals surface area contributed by atoms with Crippen LogP contribution >= 0.6 is 11.3 Å². The SMILES string of the molecule is N#Cc1ccc(S(=O)(=O)N(CC(=O)O)Cc2ccccn2)s1. The minimum absolute atomic E-state index is 0.0683. The largest absolute Gasteiger partial charge is 0.480 e. The van der Waals surface area contributed by atoms with Gasteiger partial charge in [-0.2, -0.15) is 9.57 Å². The van der Waals surface area contributed by atoms with Gasteiger partial charge in [0.2, 0.25) is 0 Å².